The van der Waals surface area contributed by atoms with Crippen LogP contribution in [0, 0.1) is 22.2 Å². The Labute approximate surface area is 84.2 Å². The van der Waals surface area contributed by atoms with Gasteiger partial charge in [-0.15, -0.1) is 0 Å². The van der Waals surface area contributed by atoms with Crippen LogP contribution in [-0.2, 0) is 0 Å². The summed E-state index contributed by atoms with van der Waals surface area (Å²) in [5, 5.41) is 8.18. The van der Waals surface area contributed by atoms with Crippen molar-refractivity contribution in [3.05, 3.63) is 0 Å². The molecule has 0 spiro atoms. The summed E-state index contributed by atoms with van der Waals surface area (Å²) in [6.45, 7) is 15.2. The monoisotopic (exact) mass is 183 g/mol. The van der Waals surface area contributed by atoms with Crippen LogP contribution in [0.4, 0.5) is 0 Å². The highest BCUT2D eigenvalue weighted by atomic mass is 14.2. The van der Waals surface area contributed by atoms with Crippen LogP contribution in [-0.4, -0.2) is 0 Å². The van der Waals surface area contributed by atoms with Crippen molar-refractivity contribution in [3.63, 3.8) is 0 Å². The Bertz CT molecular complexity index is 143. The zero-order chi connectivity index (χ0) is 11.1. The lowest BCUT2D eigenvalue weighted by atomic mass is 9.91. The summed E-state index contributed by atoms with van der Waals surface area (Å²) in [5.41, 5.74) is 0.829. The molecule has 78 valence electrons. The van der Waals surface area contributed by atoms with Gasteiger partial charge in [0.1, 0.15) is 0 Å². The van der Waals surface area contributed by atoms with Gasteiger partial charge < -0.3 is 0 Å². The fraction of sp³-hybridized carbons (Fsp3) is 0.917. The molecule has 0 aliphatic rings. The number of nitrogens with zero attached hydrogens (tertiary/aromatic N) is 1. The highest BCUT2D eigenvalue weighted by molar-refractivity contribution is 4.73. The molecule has 0 N–H and O–H groups in total. The Hall–Kier alpha value is -0.510. The van der Waals surface area contributed by atoms with Gasteiger partial charge in [-0.05, 0) is 17.3 Å². The maximum atomic E-state index is 8.18. The van der Waals surface area contributed by atoms with E-state index >= 15 is 0 Å². The quantitative estimate of drug-likeness (QED) is 0.591. The van der Waals surface area contributed by atoms with Crippen LogP contribution in [0.1, 0.15) is 61.3 Å². The molecule has 0 aromatic carbocycles. The van der Waals surface area contributed by atoms with E-state index in [1.54, 1.807) is 0 Å². The maximum Gasteiger partial charge on any atom is 0.0621 e. The number of hydrogen-bond donors (Lipinski definition) is 0. The molecular weight excluding hydrogens is 158 g/mol. The van der Waals surface area contributed by atoms with Crippen molar-refractivity contribution in [1.29, 1.82) is 5.26 Å². The van der Waals surface area contributed by atoms with Gasteiger partial charge in [-0.2, -0.15) is 5.26 Å². The molecule has 0 saturated heterocycles. The molecule has 0 aromatic rings. The van der Waals surface area contributed by atoms with E-state index in [1.807, 2.05) is 0 Å². The smallest absolute Gasteiger partial charge is 0.0621 e. The van der Waals surface area contributed by atoms with E-state index in [1.165, 1.54) is 0 Å². The number of nitriles is 1. The fourth-order valence-electron chi connectivity index (χ4n) is 0.431. The van der Waals surface area contributed by atoms with Gasteiger partial charge >= 0.3 is 0 Å². The van der Waals surface area contributed by atoms with Crippen LogP contribution in [0.2, 0.25) is 0 Å². The lowest BCUT2D eigenvalue weighted by Crippen LogP contribution is -2.02. The van der Waals surface area contributed by atoms with Gasteiger partial charge in [0.05, 0.1) is 6.07 Å². The van der Waals surface area contributed by atoms with E-state index in [-0.39, 0.29) is 0 Å². The predicted octanol–water partition coefficient (Wildman–Crippen LogP) is 4.39. The molecule has 0 bridgehead atoms. The summed E-state index contributed by atoms with van der Waals surface area (Å²) < 4.78 is 0. The molecule has 0 heterocycles. The van der Waals surface area contributed by atoms with Crippen molar-refractivity contribution in [3.8, 4) is 6.07 Å². The van der Waals surface area contributed by atoms with E-state index < -0.39 is 0 Å². The first-order valence-corrected chi connectivity index (χ1v) is 4.93. The SMILES string of the molecule is CC(C)(C)C.CC(C)(C)CCC#N. The van der Waals surface area contributed by atoms with Crippen LogP contribution in [0.25, 0.3) is 0 Å². The zero-order valence-corrected chi connectivity index (χ0v) is 10.4. The summed E-state index contributed by atoms with van der Waals surface area (Å²) in [6.07, 6.45) is 1.69. The van der Waals surface area contributed by atoms with E-state index in [0.717, 1.165) is 6.42 Å². The first kappa shape index (κ1) is 15.0. The first-order valence-electron chi connectivity index (χ1n) is 4.93. The fourth-order valence-corrected chi connectivity index (χ4v) is 0.431. The van der Waals surface area contributed by atoms with Crippen LogP contribution in [0.5, 0.6) is 0 Å². The Balaban J connectivity index is 0. The van der Waals surface area contributed by atoms with Crippen molar-refractivity contribution in [2.24, 2.45) is 10.8 Å². The average Bonchev–Trinajstić information content (AvgIpc) is 1.77. The van der Waals surface area contributed by atoms with Crippen LogP contribution >= 0.6 is 0 Å². The molecule has 0 fully saturated rings. The second-order valence-corrected chi connectivity index (χ2v) is 6.22. The molecule has 0 rings (SSSR count). The summed E-state index contributed by atoms with van der Waals surface area (Å²) in [6, 6.07) is 2.12. The average molecular weight is 183 g/mol. The topological polar surface area (TPSA) is 23.8 Å². The third-order valence-electron chi connectivity index (χ3n) is 0.987. The molecule has 0 saturated carbocycles. The Morgan fingerprint density at radius 1 is 0.923 bits per heavy atom. The number of rotatable bonds is 1. The summed E-state index contributed by atoms with van der Waals surface area (Å²) in [7, 11) is 0. The van der Waals surface area contributed by atoms with Gasteiger partial charge in [0.2, 0.25) is 0 Å². The van der Waals surface area contributed by atoms with E-state index in [9.17, 15) is 0 Å². The lowest BCUT2D eigenvalue weighted by Gasteiger charge is -2.14. The maximum absolute atomic E-state index is 8.18. The van der Waals surface area contributed by atoms with Gasteiger partial charge in [0.15, 0.2) is 0 Å². The Morgan fingerprint density at radius 2 is 1.23 bits per heavy atom. The molecule has 0 aliphatic carbocycles. The van der Waals surface area contributed by atoms with Crippen molar-refractivity contribution in [1.82, 2.24) is 0 Å². The van der Waals surface area contributed by atoms with Gasteiger partial charge in [0, 0.05) is 6.42 Å². The minimum Gasteiger partial charge on any atom is -0.198 e. The first-order chi connectivity index (χ1) is 5.56. The summed E-state index contributed by atoms with van der Waals surface area (Å²) >= 11 is 0. The highest BCUT2D eigenvalue weighted by Crippen LogP contribution is 2.19. The molecule has 1 nitrogen and oxygen atoms in total. The second-order valence-electron chi connectivity index (χ2n) is 6.22. The van der Waals surface area contributed by atoms with Crippen molar-refractivity contribution < 1.29 is 0 Å². The molecular formula is C12H25N. The van der Waals surface area contributed by atoms with Gasteiger partial charge in [0.25, 0.3) is 0 Å². The molecule has 13 heavy (non-hydrogen) atoms. The van der Waals surface area contributed by atoms with Gasteiger partial charge in [-0.3, -0.25) is 0 Å². The minimum atomic E-state index is 0.329. The third kappa shape index (κ3) is 51.3. The van der Waals surface area contributed by atoms with E-state index in [0.29, 0.717) is 17.3 Å². The van der Waals surface area contributed by atoms with Gasteiger partial charge in [-0.1, -0.05) is 48.5 Å². The summed E-state index contributed by atoms with van der Waals surface area (Å²) in [5.74, 6) is 0. The predicted molar refractivity (Wildman–Crippen MR) is 59.4 cm³/mol. The van der Waals surface area contributed by atoms with Crippen molar-refractivity contribution >= 4 is 0 Å². The van der Waals surface area contributed by atoms with Crippen molar-refractivity contribution in [2.75, 3.05) is 0 Å². The van der Waals surface area contributed by atoms with Crippen molar-refractivity contribution in [2.45, 2.75) is 61.3 Å². The van der Waals surface area contributed by atoms with E-state index in [2.05, 4.69) is 54.5 Å². The molecule has 1 heteroatoms. The zero-order valence-electron chi connectivity index (χ0n) is 10.4. The van der Waals surface area contributed by atoms with Gasteiger partial charge in [-0.25, -0.2) is 0 Å². The molecule has 0 aliphatic heterocycles. The minimum absolute atomic E-state index is 0.329. The normalized spacial score (nSPS) is 11.2. The summed E-state index contributed by atoms with van der Waals surface area (Å²) in [4.78, 5) is 0. The second kappa shape index (κ2) is 6.02. The van der Waals surface area contributed by atoms with Crippen LogP contribution in [0.3, 0.4) is 0 Å². The lowest BCUT2D eigenvalue weighted by molar-refractivity contribution is 0.383. The number of hydrogen-bond acceptors (Lipinski definition) is 1. The highest BCUT2D eigenvalue weighted by Gasteiger charge is 2.07. The standard InChI is InChI=1S/C7H13N.C5H12/c1-7(2,3)5-4-6-8;1-5(2,3)4/h4-5H2,1-3H3;1-4H3. The molecule has 0 unspecified atom stereocenters. The largest absolute Gasteiger partial charge is 0.198 e. The van der Waals surface area contributed by atoms with Crippen LogP contribution in [0.15, 0.2) is 0 Å². The Morgan fingerprint density at radius 3 is 1.31 bits per heavy atom. The molecule has 0 aromatic heterocycles. The molecule has 0 atom stereocenters. The molecule has 0 radical (unpaired) electrons. The third-order valence-corrected chi connectivity index (χ3v) is 0.987. The van der Waals surface area contributed by atoms with Crippen LogP contribution < -0.4 is 0 Å². The molecule has 0 amide bonds. The Kier molecular flexibility index (Phi) is 6.94. The van der Waals surface area contributed by atoms with E-state index in [4.69, 9.17) is 5.26 Å².